The molecule has 0 radical (unpaired) electrons. The molecule has 3 heteroatoms. The Morgan fingerprint density at radius 1 is 1.33 bits per heavy atom. The number of hydrogen-bond donors (Lipinski definition) is 1. The van der Waals surface area contributed by atoms with Crippen molar-refractivity contribution in [1.29, 1.82) is 5.26 Å². The minimum atomic E-state index is -0.412. The Kier molecular flexibility index (Phi) is 5.71. The first-order chi connectivity index (χ1) is 8.50. The molecule has 0 spiro atoms. The van der Waals surface area contributed by atoms with Gasteiger partial charge in [-0.15, -0.1) is 11.8 Å². The summed E-state index contributed by atoms with van der Waals surface area (Å²) < 4.78 is 0. The predicted octanol–water partition coefficient (Wildman–Crippen LogP) is 3.79. The van der Waals surface area contributed by atoms with Crippen LogP contribution in [0.3, 0.4) is 0 Å². The van der Waals surface area contributed by atoms with Crippen molar-refractivity contribution in [1.82, 2.24) is 5.32 Å². The SMILES string of the molecule is CNC(C)(C#N)CCSc1ccc(C(C)C)cc1. The number of nitriles is 1. The van der Waals surface area contributed by atoms with Gasteiger partial charge < -0.3 is 5.32 Å². The fourth-order valence-electron chi connectivity index (χ4n) is 1.56. The molecule has 1 atom stereocenters. The van der Waals surface area contributed by atoms with Crippen LogP contribution in [0.25, 0.3) is 0 Å². The first kappa shape index (κ1) is 15.1. The van der Waals surface area contributed by atoms with E-state index in [1.807, 2.05) is 25.7 Å². The lowest BCUT2D eigenvalue weighted by Gasteiger charge is -2.20. The fourth-order valence-corrected chi connectivity index (χ4v) is 2.63. The Hall–Kier alpha value is -0.980. The Morgan fingerprint density at radius 3 is 2.39 bits per heavy atom. The molecule has 0 aromatic heterocycles. The van der Waals surface area contributed by atoms with Crippen LogP contribution in [0.5, 0.6) is 0 Å². The molecule has 0 amide bonds. The third kappa shape index (κ3) is 4.36. The van der Waals surface area contributed by atoms with E-state index in [4.69, 9.17) is 5.26 Å². The second-order valence-corrected chi connectivity index (χ2v) is 6.18. The standard InChI is InChI=1S/C15H22N2S/c1-12(2)13-5-7-14(8-6-13)18-10-9-15(3,11-16)17-4/h5-8,12,17H,9-10H2,1-4H3. The number of nitrogens with zero attached hydrogens (tertiary/aromatic N) is 1. The normalized spacial score (nSPS) is 14.2. The van der Waals surface area contributed by atoms with Crippen LogP contribution in [-0.4, -0.2) is 18.3 Å². The fraction of sp³-hybridized carbons (Fsp3) is 0.533. The number of benzene rings is 1. The van der Waals surface area contributed by atoms with E-state index in [0.717, 1.165) is 12.2 Å². The Morgan fingerprint density at radius 2 is 1.94 bits per heavy atom. The summed E-state index contributed by atoms with van der Waals surface area (Å²) >= 11 is 1.81. The Bertz CT molecular complexity index is 405. The van der Waals surface area contributed by atoms with Crippen molar-refractivity contribution in [3.63, 3.8) is 0 Å². The van der Waals surface area contributed by atoms with Gasteiger partial charge in [-0.1, -0.05) is 26.0 Å². The second kappa shape index (κ2) is 6.82. The highest BCUT2D eigenvalue weighted by Gasteiger charge is 2.20. The lowest BCUT2D eigenvalue weighted by molar-refractivity contribution is 0.480. The van der Waals surface area contributed by atoms with Gasteiger partial charge in [0.2, 0.25) is 0 Å². The zero-order chi connectivity index (χ0) is 13.6. The summed E-state index contributed by atoms with van der Waals surface area (Å²) in [6.45, 7) is 6.34. The van der Waals surface area contributed by atoms with E-state index in [0.29, 0.717) is 5.92 Å². The number of rotatable bonds is 6. The predicted molar refractivity (Wildman–Crippen MR) is 78.9 cm³/mol. The molecule has 1 aromatic rings. The molecule has 0 aliphatic heterocycles. The van der Waals surface area contributed by atoms with Gasteiger partial charge in [0.25, 0.3) is 0 Å². The zero-order valence-electron chi connectivity index (χ0n) is 11.7. The smallest absolute Gasteiger partial charge is 0.104 e. The van der Waals surface area contributed by atoms with Gasteiger partial charge in [0.05, 0.1) is 6.07 Å². The largest absolute Gasteiger partial charge is 0.303 e. The van der Waals surface area contributed by atoms with Crippen molar-refractivity contribution < 1.29 is 0 Å². The van der Waals surface area contributed by atoms with Gasteiger partial charge >= 0.3 is 0 Å². The highest BCUT2D eigenvalue weighted by Crippen LogP contribution is 2.24. The van der Waals surface area contributed by atoms with Crippen molar-refractivity contribution in [2.75, 3.05) is 12.8 Å². The Labute approximate surface area is 115 Å². The summed E-state index contributed by atoms with van der Waals surface area (Å²) in [5.74, 6) is 1.53. The van der Waals surface area contributed by atoms with Crippen LogP contribution in [0.4, 0.5) is 0 Å². The van der Waals surface area contributed by atoms with Crippen LogP contribution in [0, 0.1) is 11.3 Å². The van der Waals surface area contributed by atoms with E-state index < -0.39 is 5.54 Å². The van der Waals surface area contributed by atoms with Crippen molar-refractivity contribution in [2.24, 2.45) is 0 Å². The van der Waals surface area contributed by atoms with E-state index in [9.17, 15) is 0 Å². The van der Waals surface area contributed by atoms with Crippen LogP contribution < -0.4 is 5.32 Å². The molecule has 2 nitrogen and oxygen atoms in total. The maximum atomic E-state index is 9.06. The van der Waals surface area contributed by atoms with Crippen molar-refractivity contribution in [2.45, 2.75) is 43.5 Å². The zero-order valence-corrected chi connectivity index (χ0v) is 12.5. The van der Waals surface area contributed by atoms with Gasteiger partial charge in [-0.05, 0) is 44.0 Å². The highest BCUT2D eigenvalue weighted by atomic mass is 32.2. The molecule has 1 rings (SSSR count). The van der Waals surface area contributed by atoms with Gasteiger partial charge in [-0.25, -0.2) is 0 Å². The molecular weight excluding hydrogens is 240 g/mol. The third-order valence-corrected chi connectivity index (χ3v) is 4.23. The summed E-state index contributed by atoms with van der Waals surface area (Å²) in [5.41, 5.74) is 0.960. The summed E-state index contributed by atoms with van der Waals surface area (Å²) in [6, 6.07) is 11.0. The maximum Gasteiger partial charge on any atom is 0.104 e. The second-order valence-electron chi connectivity index (χ2n) is 5.02. The number of thioether (sulfide) groups is 1. The average molecular weight is 262 g/mol. The van der Waals surface area contributed by atoms with E-state index in [1.54, 1.807) is 0 Å². The Balaban J connectivity index is 2.47. The molecule has 0 aliphatic rings. The molecular formula is C15H22N2S. The molecule has 0 fully saturated rings. The molecule has 0 saturated heterocycles. The van der Waals surface area contributed by atoms with E-state index in [1.165, 1.54) is 10.5 Å². The third-order valence-electron chi connectivity index (χ3n) is 3.22. The van der Waals surface area contributed by atoms with Crippen LogP contribution in [-0.2, 0) is 0 Å². The van der Waals surface area contributed by atoms with Gasteiger partial charge in [0, 0.05) is 10.6 Å². The summed E-state index contributed by atoms with van der Waals surface area (Å²) in [7, 11) is 1.84. The van der Waals surface area contributed by atoms with Crippen molar-refractivity contribution in [3.8, 4) is 6.07 Å². The number of nitrogens with one attached hydrogen (secondary N) is 1. The van der Waals surface area contributed by atoms with Crippen molar-refractivity contribution in [3.05, 3.63) is 29.8 Å². The molecule has 1 aromatic carbocycles. The summed E-state index contributed by atoms with van der Waals surface area (Å²) in [5, 5.41) is 12.1. The first-order valence-corrected chi connectivity index (χ1v) is 7.32. The molecule has 0 saturated carbocycles. The lowest BCUT2D eigenvalue weighted by Crippen LogP contribution is -2.38. The quantitative estimate of drug-likeness (QED) is 0.792. The van der Waals surface area contributed by atoms with Crippen LogP contribution in [0.2, 0.25) is 0 Å². The van der Waals surface area contributed by atoms with E-state index in [-0.39, 0.29) is 0 Å². The number of hydrogen-bond acceptors (Lipinski definition) is 3. The van der Waals surface area contributed by atoms with Crippen LogP contribution in [0.1, 0.15) is 38.7 Å². The van der Waals surface area contributed by atoms with E-state index in [2.05, 4.69) is 49.5 Å². The van der Waals surface area contributed by atoms with Gasteiger partial charge in [-0.3, -0.25) is 0 Å². The van der Waals surface area contributed by atoms with Gasteiger partial charge in [0.1, 0.15) is 5.54 Å². The summed E-state index contributed by atoms with van der Waals surface area (Å²) in [4.78, 5) is 1.27. The average Bonchev–Trinajstić information content (AvgIpc) is 2.39. The van der Waals surface area contributed by atoms with Crippen LogP contribution >= 0.6 is 11.8 Å². The first-order valence-electron chi connectivity index (χ1n) is 6.33. The highest BCUT2D eigenvalue weighted by molar-refractivity contribution is 7.99. The molecule has 1 unspecified atom stereocenters. The monoisotopic (exact) mass is 262 g/mol. The molecule has 18 heavy (non-hydrogen) atoms. The molecule has 0 aliphatic carbocycles. The van der Waals surface area contributed by atoms with Gasteiger partial charge in [0.15, 0.2) is 0 Å². The molecule has 1 N–H and O–H groups in total. The molecule has 0 bridgehead atoms. The molecule has 98 valence electrons. The maximum absolute atomic E-state index is 9.06. The molecule has 0 heterocycles. The van der Waals surface area contributed by atoms with Gasteiger partial charge in [-0.2, -0.15) is 5.26 Å². The minimum Gasteiger partial charge on any atom is -0.303 e. The van der Waals surface area contributed by atoms with Crippen LogP contribution in [0.15, 0.2) is 29.2 Å². The van der Waals surface area contributed by atoms with E-state index >= 15 is 0 Å². The summed E-state index contributed by atoms with van der Waals surface area (Å²) in [6.07, 6.45) is 0.844. The van der Waals surface area contributed by atoms with Crippen molar-refractivity contribution >= 4 is 11.8 Å². The topological polar surface area (TPSA) is 35.8 Å². The minimum absolute atomic E-state index is 0.412. The lowest BCUT2D eigenvalue weighted by atomic mass is 10.0.